The Morgan fingerprint density at radius 3 is 1.33 bits per heavy atom. The number of halogens is 7. The summed E-state index contributed by atoms with van der Waals surface area (Å²) in [6.45, 7) is 10.7. The van der Waals surface area contributed by atoms with E-state index in [2.05, 4.69) is 90.7 Å². The van der Waals surface area contributed by atoms with Gasteiger partial charge in [-0.2, -0.15) is 0 Å². The van der Waals surface area contributed by atoms with Crippen molar-refractivity contribution in [1.29, 1.82) is 0 Å². The summed E-state index contributed by atoms with van der Waals surface area (Å²) in [5, 5.41) is 12.0. The van der Waals surface area contributed by atoms with Crippen LogP contribution in [0.4, 0.5) is 0 Å². The third kappa shape index (κ3) is 15.9. The standard InChI is InChI=1S/C52H49Br4Cl3O11/c1-5-46(61)66-21-19-64-28-40(60)29-68-49-42(53)23-35(24-43(49)54)51(3,4)36-25-44(55)50(45(56)26-36)69-31-41(30-65-20-22-67-47(62)6-2)70-48(63)27-52(32-7-13-37(57)14-8-32,33-9-15-38(58)16-10-33)34-11-17-39(59)18-12-34/h5-18,23-26,40-41,60H,1-2,19-22,27-31H2,3-4H3. The van der Waals surface area contributed by atoms with E-state index >= 15 is 0 Å². The van der Waals surface area contributed by atoms with E-state index in [1.54, 1.807) is 36.4 Å². The van der Waals surface area contributed by atoms with Crippen LogP contribution in [0.25, 0.3) is 0 Å². The van der Waals surface area contributed by atoms with Gasteiger partial charge in [-0.3, -0.25) is 4.79 Å². The van der Waals surface area contributed by atoms with Crippen LogP contribution in [0.3, 0.4) is 0 Å². The van der Waals surface area contributed by atoms with Gasteiger partial charge in [-0.15, -0.1) is 0 Å². The number of esters is 3. The molecular weight excluding hydrogens is 1230 g/mol. The van der Waals surface area contributed by atoms with E-state index < -0.39 is 40.9 Å². The predicted molar refractivity (Wildman–Crippen MR) is 285 cm³/mol. The summed E-state index contributed by atoms with van der Waals surface area (Å²) >= 11 is 33.9. The van der Waals surface area contributed by atoms with Gasteiger partial charge in [0.1, 0.15) is 44.0 Å². The molecule has 0 radical (unpaired) electrons. The number of ether oxygens (including phenoxy) is 7. The van der Waals surface area contributed by atoms with Crippen LogP contribution < -0.4 is 9.47 Å². The maximum absolute atomic E-state index is 14.5. The van der Waals surface area contributed by atoms with Crippen LogP contribution >= 0.6 is 98.5 Å². The number of aliphatic hydroxyl groups excluding tert-OH is 1. The Bertz CT molecular complexity index is 2440. The smallest absolute Gasteiger partial charge is 0.330 e. The number of aliphatic hydroxyl groups is 1. The van der Waals surface area contributed by atoms with Crippen molar-refractivity contribution in [3.05, 3.63) is 183 Å². The van der Waals surface area contributed by atoms with Crippen molar-refractivity contribution < 1.29 is 52.6 Å². The Morgan fingerprint density at radius 1 is 0.571 bits per heavy atom. The third-order valence-electron chi connectivity index (χ3n) is 10.9. The topological polar surface area (TPSA) is 136 Å². The zero-order chi connectivity index (χ0) is 51.0. The van der Waals surface area contributed by atoms with Crippen LogP contribution in [-0.4, -0.2) is 88.1 Å². The van der Waals surface area contributed by atoms with Gasteiger partial charge in [0.25, 0.3) is 0 Å². The Kier molecular flexibility index (Phi) is 22.3. The van der Waals surface area contributed by atoms with Gasteiger partial charge in [0.2, 0.25) is 0 Å². The van der Waals surface area contributed by atoms with Crippen LogP contribution in [0, 0.1) is 0 Å². The second-order valence-corrected chi connectivity index (χ2v) is 20.8. The highest BCUT2D eigenvalue weighted by molar-refractivity contribution is 9.11. The van der Waals surface area contributed by atoms with Crippen LogP contribution in [0.1, 0.15) is 48.1 Å². The molecule has 0 aliphatic heterocycles. The predicted octanol–water partition coefficient (Wildman–Crippen LogP) is 13.0. The SMILES string of the molecule is C=CC(=O)OCCOCC(O)COc1c(Br)cc(C(C)(C)c2cc(Br)c(OCC(COCCOC(=O)C=C)OC(=O)CC(c3ccc(Cl)cc3)(c3ccc(Cl)cc3)c3ccc(Cl)cc3)c(Br)c2)cc1Br. The van der Waals surface area contributed by atoms with E-state index in [-0.39, 0.29) is 59.3 Å². The Morgan fingerprint density at radius 2 is 0.943 bits per heavy atom. The number of carbonyl (C=O) groups excluding carboxylic acids is 3. The molecule has 0 bridgehead atoms. The summed E-state index contributed by atoms with van der Waals surface area (Å²) in [7, 11) is 0. The number of carbonyl (C=O) groups is 3. The van der Waals surface area contributed by atoms with E-state index in [0.717, 1.165) is 40.0 Å². The van der Waals surface area contributed by atoms with Gasteiger partial charge in [0.05, 0.1) is 56.2 Å². The summed E-state index contributed by atoms with van der Waals surface area (Å²) in [5.41, 5.74) is 2.51. The quantitative estimate of drug-likeness (QED) is 0.0186. The molecule has 5 aromatic carbocycles. The molecule has 2 unspecified atom stereocenters. The fourth-order valence-corrected chi connectivity index (χ4v) is 10.4. The van der Waals surface area contributed by atoms with E-state index in [1.807, 2.05) is 60.7 Å². The zero-order valence-electron chi connectivity index (χ0n) is 38.0. The van der Waals surface area contributed by atoms with Crippen LogP contribution in [0.15, 0.2) is 140 Å². The average Bonchev–Trinajstić information content (AvgIpc) is 3.32. The Labute approximate surface area is 456 Å². The van der Waals surface area contributed by atoms with Gasteiger partial charge in [0, 0.05) is 32.6 Å². The van der Waals surface area contributed by atoms with E-state index in [0.29, 0.717) is 44.5 Å². The first kappa shape index (κ1) is 57.2. The first-order valence-electron chi connectivity index (χ1n) is 21.5. The molecule has 0 aliphatic rings. The van der Waals surface area contributed by atoms with Crippen molar-refractivity contribution in [3.63, 3.8) is 0 Å². The van der Waals surface area contributed by atoms with Crippen molar-refractivity contribution in [2.45, 2.75) is 43.3 Å². The molecule has 18 heteroatoms. The second-order valence-electron chi connectivity index (χ2n) is 16.0. The van der Waals surface area contributed by atoms with E-state index in [9.17, 15) is 19.5 Å². The molecule has 0 aliphatic carbocycles. The highest BCUT2D eigenvalue weighted by atomic mass is 79.9. The molecular formula is C52H49Br4Cl3O11. The summed E-state index contributed by atoms with van der Waals surface area (Å²) in [6.07, 6.45) is 0.0907. The minimum absolute atomic E-state index is 0.0172. The minimum atomic E-state index is -1.08. The van der Waals surface area contributed by atoms with Crippen molar-refractivity contribution in [1.82, 2.24) is 0 Å². The Balaban J connectivity index is 1.35. The molecule has 70 heavy (non-hydrogen) atoms. The molecule has 0 spiro atoms. The van der Waals surface area contributed by atoms with Gasteiger partial charge in [-0.1, -0.05) is 98.2 Å². The number of benzene rings is 5. The number of hydrogen-bond acceptors (Lipinski definition) is 11. The molecule has 0 heterocycles. The van der Waals surface area contributed by atoms with Gasteiger partial charge in [0.15, 0.2) is 6.10 Å². The van der Waals surface area contributed by atoms with E-state index in [4.69, 9.17) is 68.0 Å². The molecule has 0 amide bonds. The average molecular weight is 1280 g/mol. The molecule has 5 rings (SSSR count). The first-order valence-corrected chi connectivity index (χ1v) is 25.8. The van der Waals surface area contributed by atoms with Gasteiger partial charge in [-0.05, 0) is 152 Å². The lowest BCUT2D eigenvalue weighted by Gasteiger charge is -2.36. The van der Waals surface area contributed by atoms with Crippen molar-refractivity contribution in [2.24, 2.45) is 0 Å². The maximum atomic E-state index is 14.5. The van der Waals surface area contributed by atoms with Gasteiger partial charge < -0.3 is 38.3 Å². The molecule has 0 aromatic heterocycles. The van der Waals surface area contributed by atoms with Crippen molar-refractivity contribution in [3.8, 4) is 11.5 Å². The molecule has 0 saturated heterocycles. The Hall–Kier alpha value is -3.74. The fraction of sp³-hybridized carbons (Fsp3) is 0.288. The normalized spacial score (nSPS) is 12.4. The molecule has 1 N–H and O–H groups in total. The molecule has 0 saturated carbocycles. The number of rotatable bonds is 26. The molecule has 2 atom stereocenters. The molecule has 5 aromatic rings. The fourth-order valence-electron chi connectivity index (χ4n) is 7.21. The minimum Gasteiger partial charge on any atom is -0.488 e. The van der Waals surface area contributed by atoms with Crippen LogP contribution in [0.2, 0.25) is 15.1 Å². The summed E-state index contributed by atoms with van der Waals surface area (Å²) < 4.78 is 42.4. The first-order chi connectivity index (χ1) is 33.4. The van der Waals surface area contributed by atoms with Gasteiger partial charge in [-0.25, -0.2) is 9.59 Å². The second kappa shape index (κ2) is 27.4. The molecule has 372 valence electrons. The lowest BCUT2D eigenvalue weighted by atomic mass is 9.67. The highest BCUT2D eigenvalue weighted by Gasteiger charge is 2.40. The van der Waals surface area contributed by atoms with Crippen molar-refractivity contribution in [2.75, 3.05) is 52.9 Å². The lowest BCUT2D eigenvalue weighted by Crippen LogP contribution is -2.36. The lowest BCUT2D eigenvalue weighted by molar-refractivity contribution is -0.155. The summed E-state index contributed by atoms with van der Waals surface area (Å²) in [4.78, 5) is 37.4. The third-order valence-corrected chi connectivity index (χ3v) is 14.0. The number of hydrogen-bond donors (Lipinski definition) is 1. The molecule has 11 nitrogen and oxygen atoms in total. The summed E-state index contributed by atoms with van der Waals surface area (Å²) in [6, 6.07) is 29.6. The maximum Gasteiger partial charge on any atom is 0.330 e. The van der Waals surface area contributed by atoms with Crippen LogP contribution in [-0.2, 0) is 48.9 Å². The summed E-state index contributed by atoms with van der Waals surface area (Å²) in [5.74, 6) is -0.767. The van der Waals surface area contributed by atoms with Gasteiger partial charge >= 0.3 is 17.9 Å². The molecule has 0 fully saturated rings. The highest BCUT2D eigenvalue weighted by Crippen LogP contribution is 2.46. The largest absolute Gasteiger partial charge is 0.488 e. The van der Waals surface area contributed by atoms with Crippen LogP contribution in [0.5, 0.6) is 11.5 Å². The monoisotopic (exact) mass is 1270 g/mol. The zero-order valence-corrected chi connectivity index (χ0v) is 46.6. The van der Waals surface area contributed by atoms with E-state index in [1.165, 1.54) is 0 Å². The van der Waals surface area contributed by atoms with Crippen molar-refractivity contribution >= 4 is 116 Å².